The average molecular weight is 329 g/mol. The molecular weight excluding hydrogens is 296 g/mol. The van der Waals surface area contributed by atoms with E-state index in [1.807, 2.05) is 20.8 Å². The van der Waals surface area contributed by atoms with Gasteiger partial charge in [0.15, 0.2) is 0 Å². The van der Waals surface area contributed by atoms with Gasteiger partial charge in [-0.3, -0.25) is 4.79 Å². The fourth-order valence-corrected chi connectivity index (χ4v) is 4.20. The minimum atomic E-state index is -0.345. The minimum absolute atomic E-state index is 0.156. The van der Waals surface area contributed by atoms with E-state index in [0.717, 1.165) is 19.0 Å². The quantitative estimate of drug-likeness (QED) is 0.907. The number of hydrogen-bond acceptors (Lipinski definition) is 2. The predicted molar refractivity (Wildman–Crippen MR) is 98.9 cm³/mol. The lowest BCUT2D eigenvalue weighted by molar-refractivity contribution is -0.129. The molecule has 1 aliphatic carbocycles. The summed E-state index contributed by atoms with van der Waals surface area (Å²) in [5, 5.41) is 3.37. The first-order valence-corrected chi connectivity index (χ1v) is 9.43. The van der Waals surface area contributed by atoms with Crippen molar-refractivity contribution < 1.29 is 4.79 Å². The van der Waals surface area contributed by atoms with Gasteiger partial charge in [-0.1, -0.05) is 65.3 Å². The highest BCUT2D eigenvalue weighted by Gasteiger charge is 2.47. The molecule has 24 heavy (non-hydrogen) atoms. The highest BCUT2D eigenvalue weighted by atomic mass is 16.2. The number of likely N-dealkylation sites (tertiary alicyclic amines) is 1. The first-order valence-electron chi connectivity index (χ1n) is 9.43. The summed E-state index contributed by atoms with van der Waals surface area (Å²) in [6, 6.07) is 8.89. The maximum absolute atomic E-state index is 12.6. The van der Waals surface area contributed by atoms with Gasteiger partial charge in [0, 0.05) is 36.9 Å². The SMILES string of the molecule is CC[C@H](C)CN1C[C@@H]2[C@H](NC(=O)C(C)(C)C)c3ccccc3[C@@H]2C1. The van der Waals surface area contributed by atoms with Crippen molar-refractivity contribution in [2.45, 2.75) is 53.0 Å². The van der Waals surface area contributed by atoms with Gasteiger partial charge in [-0.2, -0.15) is 0 Å². The maximum Gasteiger partial charge on any atom is 0.225 e. The van der Waals surface area contributed by atoms with Gasteiger partial charge in [0.25, 0.3) is 0 Å². The van der Waals surface area contributed by atoms with Gasteiger partial charge in [-0.15, -0.1) is 0 Å². The van der Waals surface area contributed by atoms with Crippen molar-refractivity contribution in [3.05, 3.63) is 35.4 Å². The smallest absolute Gasteiger partial charge is 0.225 e. The van der Waals surface area contributed by atoms with Crippen LogP contribution in [0.25, 0.3) is 0 Å². The average Bonchev–Trinajstić information content (AvgIpc) is 3.05. The molecule has 3 rings (SSSR count). The van der Waals surface area contributed by atoms with E-state index in [-0.39, 0.29) is 17.4 Å². The van der Waals surface area contributed by atoms with Gasteiger partial charge >= 0.3 is 0 Å². The molecule has 1 aromatic carbocycles. The molecule has 0 bridgehead atoms. The Morgan fingerprint density at radius 1 is 1.25 bits per heavy atom. The van der Waals surface area contributed by atoms with E-state index in [1.165, 1.54) is 24.1 Å². The Morgan fingerprint density at radius 3 is 2.54 bits per heavy atom. The van der Waals surface area contributed by atoms with E-state index >= 15 is 0 Å². The molecule has 2 aliphatic rings. The van der Waals surface area contributed by atoms with Crippen LogP contribution in [0.1, 0.15) is 64.1 Å². The lowest BCUT2D eigenvalue weighted by atomic mass is 9.91. The number of nitrogens with zero attached hydrogens (tertiary/aromatic N) is 1. The Bertz CT molecular complexity index is 604. The molecule has 0 spiro atoms. The number of rotatable bonds is 4. The normalized spacial score (nSPS) is 27.6. The fourth-order valence-electron chi connectivity index (χ4n) is 4.20. The van der Waals surface area contributed by atoms with Crippen LogP contribution < -0.4 is 5.32 Å². The van der Waals surface area contributed by atoms with Crippen LogP contribution in [-0.2, 0) is 4.79 Å². The van der Waals surface area contributed by atoms with Crippen molar-refractivity contribution in [1.29, 1.82) is 0 Å². The molecular formula is C21H32N2O. The lowest BCUT2D eigenvalue weighted by Crippen LogP contribution is -2.40. The van der Waals surface area contributed by atoms with Gasteiger partial charge in [-0.25, -0.2) is 0 Å². The number of amides is 1. The summed E-state index contributed by atoms with van der Waals surface area (Å²) in [5.74, 6) is 1.97. The Balaban J connectivity index is 1.82. The number of carbonyl (C=O) groups excluding carboxylic acids is 1. The van der Waals surface area contributed by atoms with Crippen molar-refractivity contribution >= 4 is 5.91 Å². The summed E-state index contributed by atoms with van der Waals surface area (Å²) in [6.45, 7) is 14.0. The number of fused-ring (bicyclic) bond motifs is 3. The molecule has 1 aliphatic heterocycles. The molecule has 1 saturated heterocycles. The molecule has 1 aromatic rings. The molecule has 1 N–H and O–H groups in total. The molecule has 1 heterocycles. The third-order valence-corrected chi connectivity index (χ3v) is 5.83. The summed E-state index contributed by atoms with van der Waals surface area (Å²) >= 11 is 0. The zero-order valence-electron chi connectivity index (χ0n) is 15.8. The lowest BCUT2D eigenvalue weighted by Gasteiger charge is -2.27. The summed E-state index contributed by atoms with van der Waals surface area (Å²) in [5.41, 5.74) is 2.45. The Morgan fingerprint density at radius 2 is 1.92 bits per heavy atom. The number of carbonyl (C=O) groups is 1. The Kier molecular flexibility index (Phi) is 4.74. The van der Waals surface area contributed by atoms with E-state index < -0.39 is 0 Å². The van der Waals surface area contributed by atoms with E-state index in [4.69, 9.17) is 0 Å². The van der Waals surface area contributed by atoms with Crippen LogP contribution >= 0.6 is 0 Å². The third-order valence-electron chi connectivity index (χ3n) is 5.83. The van der Waals surface area contributed by atoms with Crippen molar-refractivity contribution in [2.24, 2.45) is 17.3 Å². The molecule has 0 unspecified atom stereocenters. The molecule has 3 heteroatoms. The van der Waals surface area contributed by atoms with Crippen LogP contribution in [0, 0.1) is 17.3 Å². The molecule has 0 radical (unpaired) electrons. The summed E-state index contributed by atoms with van der Waals surface area (Å²) < 4.78 is 0. The van der Waals surface area contributed by atoms with Crippen LogP contribution in [0.2, 0.25) is 0 Å². The molecule has 0 saturated carbocycles. The zero-order valence-corrected chi connectivity index (χ0v) is 15.8. The summed E-state index contributed by atoms with van der Waals surface area (Å²) in [6.07, 6.45) is 1.23. The first kappa shape index (κ1) is 17.5. The van der Waals surface area contributed by atoms with Crippen molar-refractivity contribution in [2.75, 3.05) is 19.6 Å². The molecule has 132 valence electrons. The van der Waals surface area contributed by atoms with Gasteiger partial charge in [0.1, 0.15) is 0 Å². The molecule has 1 fully saturated rings. The second kappa shape index (κ2) is 6.51. The van der Waals surface area contributed by atoms with E-state index in [9.17, 15) is 4.79 Å². The van der Waals surface area contributed by atoms with Crippen LogP contribution in [-0.4, -0.2) is 30.4 Å². The second-order valence-electron chi connectivity index (χ2n) is 8.83. The van der Waals surface area contributed by atoms with Crippen molar-refractivity contribution in [1.82, 2.24) is 10.2 Å². The Labute approximate surface area is 146 Å². The summed E-state index contributed by atoms with van der Waals surface area (Å²) in [4.78, 5) is 15.2. The zero-order chi connectivity index (χ0) is 17.5. The van der Waals surface area contributed by atoms with Gasteiger partial charge in [-0.05, 0) is 17.0 Å². The number of benzene rings is 1. The van der Waals surface area contributed by atoms with Crippen LogP contribution in [0.15, 0.2) is 24.3 Å². The third kappa shape index (κ3) is 3.23. The molecule has 3 nitrogen and oxygen atoms in total. The molecule has 4 atom stereocenters. The largest absolute Gasteiger partial charge is 0.348 e. The Hall–Kier alpha value is -1.35. The van der Waals surface area contributed by atoms with E-state index in [2.05, 4.69) is 48.3 Å². The fraction of sp³-hybridized carbons (Fsp3) is 0.667. The predicted octanol–water partition coefficient (Wildman–Crippen LogP) is 3.97. The number of hydrogen-bond donors (Lipinski definition) is 1. The standard InChI is InChI=1S/C21H32N2O/c1-6-14(2)11-23-12-17-15-9-7-8-10-16(15)19(18(17)13-23)22-20(24)21(3,4)5/h7-10,14,17-19H,6,11-13H2,1-5H3,(H,22,24)/t14-,17-,18-,19+/m0/s1. The topological polar surface area (TPSA) is 32.3 Å². The van der Waals surface area contributed by atoms with Gasteiger partial charge in [0.05, 0.1) is 6.04 Å². The molecule has 0 aromatic heterocycles. The second-order valence-corrected chi connectivity index (χ2v) is 8.83. The van der Waals surface area contributed by atoms with Crippen LogP contribution in [0.4, 0.5) is 0 Å². The van der Waals surface area contributed by atoms with Crippen LogP contribution in [0.3, 0.4) is 0 Å². The highest BCUT2D eigenvalue weighted by Crippen LogP contribution is 2.49. The first-order chi connectivity index (χ1) is 11.3. The summed E-state index contributed by atoms with van der Waals surface area (Å²) in [7, 11) is 0. The van der Waals surface area contributed by atoms with E-state index in [0.29, 0.717) is 11.8 Å². The monoisotopic (exact) mass is 328 g/mol. The maximum atomic E-state index is 12.6. The van der Waals surface area contributed by atoms with Crippen molar-refractivity contribution in [3.8, 4) is 0 Å². The number of nitrogens with one attached hydrogen (secondary N) is 1. The van der Waals surface area contributed by atoms with Crippen molar-refractivity contribution in [3.63, 3.8) is 0 Å². The van der Waals surface area contributed by atoms with Gasteiger partial charge < -0.3 is 10.2 Å². The highest BCUT2D eigenvalue weighted by molar-refractivity contribution is 5.82. The minimum Gasteiger partial charge on any atom is -0.348 e. The molecule has 1 amide bonds. The van der Waals surface area contributed by atoms with Gasteiger partial charge in [0.2, 0.25) is 5.91 Å². The van der Waals surface area contributed by atoms with E-state index in [1.54, 1.807) is 0 Å². The van der Waals surface area contributed by atoms with Crippen LogP contribution in [0.5, 0.6) is 0 Å².